The number of aromatic nitrogens is 1. The summed E-state index contributed by atoms with van der Waals surface area (Å²) in [6, 6.07) is 44.9. The molecule has 0 radical (unpaired) electrons. The summed E-state index contributed by atoms with van der Waals surface area (Å²) in [4.78, 5) is 1.04. The third-order valence-electron chi connectivity index (χ3n) is 7.53. The average Bonchev–Trinajstić information content (AvgIpc) is 3.32. The molecule has 194 valence electrons. The highest BCUT2D eigenvalue weighted by Crippen LogP contribution is 2.44. The Kier molecular flexibility index (Phi) is 6.18. The molecule has 40 heavy (non-hydrogen) atoms. The van der Waals surface area contributed by atoms with Crippen molar-refractivity contribution in [3.63, 3.8) is 0 Å². The molecule has 2 N–H and O–H groups in total. The van der Waals surface area contributed by atoms with Crippen molar-refractivity contribution in [2.75, 3.05) is 12.8 Å². The monoisotopic (exact) mass is 536 g/mol. The highest BCUT2D eigenvalue weighted by molar-refractivity contribution is 7.98. The van der Waals surface area contributed by atoms with E-state index in [0.717, 1.165) is 38.9 Å². The lowest BCUT2D eigenvalue weighted by Gasteiger charge is -2.16. The molecule has 0 aliphatic heterocycles. The van der Waals surface area contributed by atoms with Crippen LogP contribution in [0.5, 0.6) is 5.75 Å². The molecule has 0 unspecified atom stereocenters. The van der Waals surface area contributed by atoms with Crippen LogP contribution < -0.4 is 10.5 Å². The lowest BCUT2D eigenvalue weighted by Crippen LogP contribution is -1.97. The third kappa shape index (κ3) is 4.18. The van der Waals surface area contributed by atoms with Crippen molar-refractivity contribution in [3.8, 4) is 22.6 Å². The predicted molar refractivity (Wildman–Crippen MR) is 171 cm³/mol. The van der Waals surface area contributed by atoms with Gasteiger partial charge in [0.15, 0.2) is 0 Å². The third-order valence-corrected chi connectivity index (χ3v) is 8.73. The first-order valence-electron chi connectivity index (χ1n) is 13.4. The smallest absolute Gasteiger partial charge is 0.127 e. The fourth-order valence-corrected chi connectivity index (χ4v) is 6.72. The Morgan fingerprint density at radius 2 is 1.35 bits per heavy atom. The number of rotatable bonds is 6. The van der Waals surface area contributed by atoms with Crippen LogP contribution in [0.15, 0.2) is 132 Å². The summed E-state index contributed by atoms with van der Waals surface area (Å²) in [6.45, 7) is 0. The van der Waals surface area contributed by atoms with Gasteiger partial charge >= 0.3 is 0 Å². The van der Waals surface area contributed by atoms with Gasteiger partial charge in [-0.2, -0.15) is 0 Å². The number of nitrogen functional groups attached to an aromatic ring is 1. The van der Waals surface area contributed by atoms with Gasteiger partial charge in [0.1, 0.15) is 5.75 Å². The van der Waals surface area contributed by atoms with E-state index in [1.807, 2.05) is 30.3 Å². The van der Waals surface area contributed by atoms with Crippen LogP contribution in [0.4, 0.5) is 5.69 Å². The van der Waals surface area contributed by atoms with Gasteiger partial charge < -0.3 is 15.0 Å². The van der Waals surface area contributed by atoms with Crippen LogP contribution in [0, 0.1) is 0 Å². The minimum Gasteiger partial charge on any atom is -0.496 e. The Hall–Kier alpha value is -4.67. The minimum absolute atomic E-state index is 0.760. The average molecular weight is 537 g/mol. The van der Waals surface area contributed by atoms with Crippen molar-refractivity contribution < 1.29 is 4.74 Å². The molecule has 6 aromatic carbocycles. The Bertz CT molecular complexity index is 2000. The van der Waals surface area contributed by atoms with Gasteiger partial charge in [0, 0.05) is 38.4 Å². The fraction of sp³-hybridized carbons (Fsp3) is 0.0556. The van der Waals surface area contributed by atoms with Crippen LogP contribution in [0.25, 0.3) is 49.4 Å². The number of ether oxygens (including phenoxy) is 1. The number of hydrogen-bond donors (Lipinski definition) is 1. The second-order valence-corrected chi connectivity index (χ2v) is 10.9. The normalized spacial score (nSPS) is 11.4. The predicted octanol–water partition coefficient (Wildman–Crippen LogP) is 9.49. The number of hydrogen-bond acceptors (Lipinski definition) is 3. The van der Waals surface area contributed by atoms with Gasteiger partial charge in [0.25, 0.3) is 0 Å². The van der Waals surface area contributed by atoms with Crippen LogP contribution >= 0.6 is 11.8 Å². The van der Waals surface area contributed by atoms with E-state index in [9.17, 15) is 0 Å². The fourth-order valence-electron chi connectivity index (χ4n) is 5.63. The van der Waals surface area contributed by atoms with E-state index in [1.54, 1.807) is 18.9 Å². The van der Waals surface area contributed by atoms with Crippen molar-refractivity contribution in [2.45, 2.75) is 10.6 Å². The number of fused-ring (bicyclic) bond motifs is 4. The van der Waals surface area contributed by atoms with E-state index in [4.69, 9.17) is 10.5 Å². The van der Waals surface area contributed by atoms with E-state index in [1.165, 1.54) is 38.1 Å². The topological polar surface area (TPSA) is 40.2 Å². The summed E-state index contributed by atoms with van der Waals surface area (Å²) in [5.41, 5.74) is 14.3. The van der Waals surface area contributed by atoms with Gasteiger partial charge in [-0.15, -0.1) is 11.8 Å². The number of benzene rings is 6. The van der Waals surface area contributed by atoms with E-state index < -0.39 is 0 Å². The maximum Gasteiger partial charge on any atom is 0.127 e. The first kappa shape index (κ1) is 24.4. The standard InChI is InChI=1S/C36H28N2OS/c1-39-34-19-18-31(37)36(35(34)25-10-4-2-5-11-25)40-23-24-16-17-29-30-21-26-12-8-9-13-27(26)22-33(30)38(32(29)20-24)28-14-6-3-7-15-28/h2-22H,23,37H2,1H3. The maximum atomic E-state index is 6.56. The van der Waals surface area contributed by atoms with Gasteiger partial charge in [-0.1, -0.05) is 84.9 Å². The quantitative estimate of drug-likeness (QED) is 0.170. The zero-order chi connectivity index (χ0) is 27.1. The second-order valence-electron chi connectivity index (χ2n) is 9.95. The minimum atomic E-state index is 0.760. The molecule has 0 spiro atoms. The molecule has 7 rings (SSSR count). The van der Waals surface area contributed by atoms with Crippen LogP contribution in [0.3, 0.4) is 0 Å². The van der Waals surface area contributed by atoms with Gasteiger partial charge in [0.2, 0.25) is 0 Å². The first-order chi connectivity index (χ1) is 19.7. The molecule has 0 aliphatic rings. The number of nitrogens with zero attached hydrogens (tertiary/aromatic N) is 1. The molecule has 7 aromatic rings. The van der Waals surface area contributed by atoms with Crippen molar-refractivity contribution in [3.05, 3.63) is 133 Å². The molecule has 1 aromatic heterocycles. The van der Waals surface area contributed by atoms with E-state index in [0.29, 0.717) is 0 Å². The van der Waals surface area contributed by atoms with Gasteiger partial charge in [-0.3, -0.25) is 0 Å². The van der Waals surface area contributed by atoms with Crippen molar-refractivity contribution in [1.82, 2.24) is 4.57 Å². The molecule has 0 amide bonds. The van der Waals surface area contributed by atoms with Gasteiger partial charge in [0.05, 0.1) is 18.1 Å². The number of anilines is 1. The second kappa shape index (κ2) is 10.1. The lowest BCUT2D eigenvalue weighted by atomic mass is 10.0. The molecule has 0 fully saturated rings. The molecule has 1 heterocycles. The van der Waals surface area contributed by atoms with E-state index >= 15 is 0 Å². The zero-order valence-electron chi connectivity index (χ0n) is 22.2. The van der Waals surface area contributed by atoms with Crippen LogP contribution in [-0.2, 0) is 5.75 Å². The first-order valence-corrected chi connectivity index (χ1v) is 14.4. The number of methoxy groups -OCH3 is 1. The summed E-state index contributed by atoms with van der Waals surface area (Å²) >= 11 is 1.76. The molecule has 3 nitrogen and oxygen atoms in total. The summed E-state index contributed by atoms with van der Waals surface area (Å²) in [7, 11) is 1.71. The van der Waals surface area contributed by atoms with Gasteiger partial charge in [-0.05, 0) is 64.4 Å². The van der Waals surface area contributed by atoms with Crippen molar-refractivity contribution in [1.29, 1.82) is 0 Å². The summed E-state index contributed by atoms with van der Waals surface area (Å²) < 4.78 is 8.15. The Balaban J connectivity index is 1.36. The largest absolute Gasteiger partial charge is 0.496 e. The zero-order valence-corrected chi connectivity index (χ0v) is 23.0. The number of para-hydroxylation sites is 1. The Labute approximate surface area is 237 Å². The Morgan fingerprint density at radius 1 is 0.675 bits per heavy atom. The molecule has 0 atom stereocenters. The highest BCUT2D eigenvalue weighted by Gasteiger charge is 2.17. The van der Waals surface area contributed by atoms with Gasteiger partial charge in [-0.25, -0.2) is 0 Å². The van der Waals surface area contributed by atoms with E-state index in [2.05, 4.69) is 102 Å². The highest BCUT2D eigenvalue weighted by atomic mass is 32.2. The molecule has 0 aliphatic carbocycles. The van der Waals surface area contributed by atoms with Crippen molar-refractivity contribution in [2.24, 2.45) is 0 Å². The van der Waals surface area contributed by atoms with E-state index in [-0.39, 0.29) is 0 Å². The lowest BCUT2D eigenvalue weighted by molar-refractivity contribution is 0.415. The van der Waals surface area contributed by atoms with Crippen LogP contribution in [0.2, 0.25) is 0 Å². The van der Waals surface area contributed by atoms with Crippen LogP contribution in [0.1, 0.15) is 5.56 Å². The Morgan fingerprint density at radius 3 is 2.10 bits per heavy atom. The molecular weight excluding hydrogens is 508 g/mol. The summed E-state index contributed by atoms with van der Waals surface area (Å²) in [5, 5.41) is 5.01. The SMILES string of the molecule is COc1ccc(N)c(SCc2ccc3c4cc5ccccc5cc4n(-c4ccccc4)c3c2)c1-c1ccccc1. The van der Waals surface area contributed by atoms with Crippen molar-refractivity contribution >= 4 is 50.0 Å². The molecule has 0 saturated carbocycles. The van der Waals surface area contributed by atoms with Crippen LogP contribution in [-0.4, -0.2) is 11.7 Å². The molecule has 4 heteroatoms. The maximum absolute atomic E-state index is 6.56. The summed E-state index contributed by atoms with van der Waals surface area (Å²) in [5.74, 6) is 1.61. The molecule has 0 saturated heterocycles. The summed E-state index contributed by atoms with van der Waals surface area (Å²) in [6.07, 6.45) is 0. The molecule has 0 bridgehead atoms. The molecular formula is C36H28N2OS. The number of nitrogens with two attached hydrogens (primary N) is 1. The number of thioether (sulfide) groups is 1.